The highest BCUT2D eigenvalue weighted by molar-refractivity contribution is 5.69. The molecule has 0 aliphatic carbocycles. The molecule has 3 heterocycles. The average Bonchev–Trinajstić information content (AvgIpc) is 2.85. The number of nitrogens with zero attached hydrogens (tertiary/aromatic N) is 2. The zero-order chi connectivity index (χ0) is 24.1. The lowest BCUT2D eigenvalue weighted by Crippen LogP contribution is -2.47. The van der Waals surface area contributed by atoms with E-state index >= 15 is 0 Å². The van der Waals surface area contributed by atoms with Gasteiger partial charge in [0.1, 0.15) is 0 Å². The molecule has 0 radical (unpaired) electrons. The summed E-state index contributed by atoms with van der Waals surface area (Å²) in [5.41, 5.74) is 2.70. The lowest BCUT2D eigenvalue weighted by atomic mass is 9.74. The first kappa shape index (κ1) is 25.3. The maximum absolute atomic E-state index is 12.6. The van der Waals surface area contributed by atoms with Crippen molar-refractivity contribution in [3.05, 3.63) is 23.3 Å². The lowest BCUT2D eigenvalue weighted by molar-refractivity contribution is -0.147. The van der Waals surface area contributed by atoms with Crippen LogP contribution in [0.5, 0.6) is 11.5 Å². The summed E-state index contributed by atoms with van der Waals surface area (Å²) in [5, 5.41) is 3.36. The summed E-state index contributed by atoms with van der Waals surface area (Å²) in [6.07, 6.45) is 3.71. The van der Waals surface area contributed by atoms with Crippen LogP contribution in [0.2, 0.25) is 0 Å². The Balaban J connectivity index is 1.42. The van der Waals surface area contributed by atoms with Gasteiger partial charge < -0.3 is 24.4 Å². The first-order valence-corrected chi connectivity index (χ1v) is 13.1. The molecule has 0 spiro atoms. The molecule has 0 amide bonds. The van der Waals surface area contributed by atoms with E-state index in [1.54, 1.807) is 14.2 Å². The van der Waals surface area contributed by atoms with Gasteiger partial charge in [-0.05, 0) is 60.3 Å². The SMILES string of the molecule is COc1cc2c(cc1OC)C1CC(COC(=O)CCN3CCNCC3)C(CC(C)C)CN1CC2. The predicted octanol–water partition coefficient (Wildman–Crippen LogP) is 3.12. The molecule has 1 aromatic rings. The number of hydrogen-bond acceptors (Lipinski definition) is 7. The smallest absolute Gasteiger partial charge is 0.307 e. The molecule has 3 unspecified atom stereocenters. The van der Waals surface area contributed by atoms with Gasteiger partial charge in [0.05, 0.1) is 27.2 Å². The summed E-state index contributed by atoms with van der Waals surface area (Å²) in [5.74, 6) is 3.11. The first-order chi connectivity index (χ1) is 16.5. The predicted molar refractivity (Wildman–Crippen MR) is 134 cm³/mol. The van der Waals surface area contributed by atoms with Gasteiger partial charge in [0.25, 0.3) is 0 Å². The van der Waals surface area contributed by atoms with E-state index in [9.17, 15) is 4.79 Å². The number of piperazine rings is 1. The van der Waals surface area contributed by atoms with Gasteiger partial charge in [-0.15, -0.1) is 0 Å². The van der Waals surface area contributed by atoms with Crippen molar-refractivity contribution in [1.82, 2.24) is 15.1 Å². The summed E-state index contributed by atoms with van der Waals surface area (Å²) < 4.78 is 17.1. The zero-order valence-corrected chi connectivity index (χ0v) is 21.5. The van der Waals surface area contributed by atoms with Crippen molar-refractivity contribution in [1.29, 1.82) is 0 Å². The van der Waals surface area contributed by atoms with Crippen molar-refractivity contribution in [2.24, 2.45) is 17.8 Å². The second-order valence-electron chi connectivity index (χ2n) is 10.6. The molecule has 0 aromatic heterocycles. The average molecular weight is 474 g/mol. The Morgan fingerprint density at radius 2 is 1.82 bits per heavy atom. The number of rotatable bonds is 9. The van der Waals surface area contributed by atoms with Crippen molar-refractivity contribution < 1.29 is 19.0 Å². The maximum atomic E-state index is 12.6. The molecule has 1 N–H and O–H groups in total. The molecule has 2 fully saturated rings. The van der Waals surface area contributed by atoms with Gasteiger partial charge in [-0.1, -0.05) is 13.8 Å². The van der Waals surface area contributed by atoms with Crippen molar-refractivity contribution in [3.8, 4) is 11.5 Å². The van der Waals surface area contributed by atoms with E-state index in [0.717, 1.165) is 70.2 Å². The van der Waals surface area contributed by atoms with Gasteiger partial charge in [-0.2, -0.15) is 0 Å². The number of nitrogens with one attached hydrogen (secondary N) is 1. The van der Waals surface area contributed by atoms with Gasteiger partial charge in [-0.3, -0.25) is 9.69 Å². The molecule has 3 aliphatic rings. The molecule has 7 heteroatoms. The fourth-order valence-corrected chi connectivity index (χ4v) is 6.04. The number of fused-ring (bicyclic) bond motifs is 3. The minimum Gasteiger partial charge on any atom is -0.493 e. The normalized spacial score (nSPS) is 25.5. The van der Waals surface area contributed by atoms with Gasteiger partial charge in [0.2, 0.25) is 0 Å². The molecule has 1 aromatic carbocycles. The van der Waals surface area contributed by atoms with Gasteiger partial charge in [-0.25, -0.2) is 0 Å². The molecule has 2 saturated heterocycles. The molecular formula is C27H43N3O4. The highest BCUT2D eigenvalue weighted by Crippen LogP contribution is 2.45. The Bertz CT molecular complexity index is 824. The highest BCUT2D eigenvalue weighted by Gasteiger charge is 2.40. The fourth-order valence-electron chi connectivity index (χ4n) is 6.04. The van der Waals surface area contributed by atoms with Crippen LogP contribution in [0.4, 0.5) is 0 Å². The Morgan fingerprint density at radius 1 is 1.09 bits per heavy atom. The highest BCUT2D eigenvalue weighted by atomic mass is 16.5. The van der Waals surface area contributed by atoms with E-state index in [-0.39, 0.29) is 5.97 Å². The summed E-state index contributed by atoms with van der Waals surface area (Å²) in [7, 11) is 3.40. The number of benzene rings is 1. The molecular weight excluding hydrogens is 430 g/mol. The van der Waals surface area contributed by atoms with E-state index in [4.69, 9.17) is 14.2 Å². The van der Waals surface area contributed by atoms with Gasteiger partial charge in [0, 0.05) is 51.9 Å². The van der Waals surface area contributed by atoms with Crippen LogP contribution < -0.4 is 14.8 Å². The third-order valence-electron chi connectivity index (χ3n) is 7.85. The first-order valence-electron chi connectivity index (χ1n) is 13.1. The third kappa shape index (κ3) is 6.04. The second-order valence-corrected chi connectivity index (χ2v) is 10.6. The minimum atomic E-state index is -0.0558. The molecule has 4 rings (SSSR count). The Morgan fingerprint density at radius 3 is 2.53 bits per heavy atom. The van der Waals surface area contributed by atoms with Crippen LogP contribution in [-0.4, -0.2) is 82.4 Å². The number of carbonyl (C=O) groups is 1. The van der Waals surface area contributed by atoms with E-state index in [2.05, 4.69) is 41.1 Å². The second kappa shape index (κ2) is 11.7. The fraction of sp³-hybridized carbons (Fsp3) is 0.741. The van der Waals surface area contributed by atoms with E-state index in [0.29, 0.717) is 36.8 Å². The number of methoxy groups -OCH3 is 2. The number of carbonyl (C=O) groups excluding carboxylic acids is 1. The van der Waals surface area contributed by atoms with Crippen LogP contribution in [0.1, 0.15) is 50.3 Å². The Hall–Kier alpha value is -1.83. The van der Waals surface area contributed by atoms with Crippen molar-refractivity contribution in [3.63, 3.8) is 0 Å². The molecule has 7 nitrogen and oxygen atoms in total. The summed E-state index contributed by atoms with van der Waals surface area (Å²) in [4.78, 5) is 17.6. The van der Waals surface area contributed by atoms with Crippen molar-refractivity contribution >= 4 is 5.97 Å². The van der Waals surface area contributed by atoms with Crippen LogP contribution in [0.3, 0.4) is 0 Å². The van der Waals surface area contributed by atoms with Crippen LogP contribution in [-0.2, 0) is 16.0 Å². The van der Waals surface area contributed by atoms with Gasteiger partial charge >= 0.3 is 5.97 Å². The molecule has 34 heavy (non-hydrogen) atoms. The quantitative estimate of drug-likeness (QED) is 0.553. The monoisotopic (exact) mass is 473 g/mol. The largest absolute Gasteiger partial charge is 0.493 e. The summed E-state index contributed by atoms with van der Waals surface area (Å²) in [6, 6.07) is 4.66. The minimum absolute atomic E-state index is 0.0558. The Kier molecular flexibility index (Phi) is 8.72. The van der Waals surface area contributed by atoms with Crippen LogP contribution in [0, 0.1) is 17.8 Å². The van der Waals surface area contributed by atoms with Crippen LogP contribution >= 0.6 is 0 Å². The molecule has 3 atom stereocenters. The van der Waals surface area contributed by atoms with Gasteiger partial charge in [0.15, 0.2) is 11.5 Å². The van der Waals surface area contributed by atoms with Crippen LogP contribution in [0.25, 0.3) is 0 Å². The molecule has 190 valence electrons. The number of ether oxygens (including phenoxy) is 3. The van der Waals surface area contributed by atoms with E-state index < -0.39 is 0 Å². The lowest BCUT2D eigenvalue weighted by Gasteiger charge is -2.47. The third-order valence-corrected chi connectivity index (χ3v) is 7.85. The van der Waals surface area contributed by atoms with E-state index in [1.807, 2.05) is 0 Å². The molecule has 3 aliphatic heterocycles. The van der Waals surface area contributed by atoms with E-state index in [1.165, 1.54) is 17.5 Å². The number of esters is 1. The Labute approximate surface area is 205 Å². The maximum Gasteiger partial charge on any atom is 0.307 e. The molecule has 0 bridgehead atoms. The zero-order valence-electron chi connectivity index (χ0n) is 21.5. The summed E-state index contributed by atoms with van der Waals surface area (Å²) >= 11 is 0. The number of piperidine rings is 1. The van der Waals surface area contributed by atoms with Crippen molar-refractivity contribution in [2.75, 3.05) is 66.6 Å². The number of hydrogen-bond donors (Lipinski definition) is 1. The molecule has 0 saturated carbocycles. The topological polar surface area (TPSA) is 63.3 Å². The summed E-state index contributed by atoms with van der Waals surface area (Å²) in [6.45, 7) is 12.1. The van der Waals surface area contributed by atoms with Crippen molar-refractivity contribution in [2.45, 2.75) is 45.6 Å². The standard InChI is InChI=1S/C27H43N3O4/c1-19(2)13-21-17-30-10-5-20-15-25(32-3)26(33-4)16-23(20)24(30)14-22(21)18-34-27(31)6-9-29-11-7-28-8-12-29/h15-16,19,21-22,24,28H,5-14,17-18H2,1-4H3. The van der Waals surface area contributed by atoms with Crippen LogP contribution in [0.15, 0.2) is 12.1 Å².